The van der Waals surface area contributed by atoms with Crippen LogP contribution < -0.4 is 0 Å². The van der Waals surface area contributed by atoms with Crippen LogP contribution in [0, 0.1) is 11.8 Å². The van der Waals surface area contributed by atoms with Gasteiger partial charge in [-0.05, 0) is 37.2 Å². The maximum atomic E-state index is 13.0. The lowest BCUT2D eigenvalue weighted by molar-refractivity contribution is -0.142. The zero-order chi connectivity index (χ0) is 14.3. The molecule has 0 saturated heterocycles. The largest absolute Gasteiger partial charge is 0.416 e. The number of hydrogen-bond acceptors (Lipinski definition) is 2. The van der Waals surface area contributed by atoms with Crippen molar-refractivity contribution in [1.29, 1.82) is 0 Å². The molecule has 0 bridgehead atoms. The summed E-state index contributed by atoms with van der Waals surface area (Å²) in [6.45, 7) is 4.04. The molecule has 1 heterocycles. The van der Waals surface area contributed by atoms with Crippen LogP contribution in [0.4, 0.5) is 13.2 Å². The summed E-state index contributed by atoms with van der Waals surface area (Å²) in [5.74, 6) is 0.617. The van der Waals surface area contributed by atoms with Crippen molar-refractivity contribution in [2.75, 3.05) is 0 Å². The van der Waals surface area contributed by atoms with Gasteiger partial charge < -0.3 is 5.11 Å². The number of hydrogen-bond donors (Lipinski definition) is 1. The molecule has 1 saturated carbocycles. The summed E-state index contributed by atoms with van der Waals surface area (Å²) >= 11 is 0. The lowest BCUT2D eigenvalue weighted by Crippen LogP contribution is -2.37. The minimum absolute atomic E-state index is 0.0822. The molecule has 106 valence electrons. The van der Waals surface area contributed by atoms with E-state index in [1.165, 1.54) is 0 Å². The fourth-order valence-corrected chi connectivity index (χ4v) is 2.84. The van der Waals surface area contributed by atoms with Crippen LogP contribution in [0.5, 0.6) is 0 Å². The molecule has 19 heavy (non-hydrogen) atoms. The van der Waals surface area contributed by atoms with E-state index >= 15 is 0 Å². The van der Waals surface area contributed by atoms with E-state index in [0.29, 0.717) is 18.8 Å². The Hall–Kier alpha value is -1.10. The van der Waals surface area contributed by atoms with Gasteiger partial charge in [0.2, 0.25) is 0 Å². The van der Waals surface area contributed by atoms with Crippen LogP contribution >= 0.6 is 0 Å². The standard InChI is InChI=1S/C14H18F3NO/c1-9-3-5-13(19,7-10(9)2)12-8-18-6-4-11(12)14(15,16)17/h4,6,8-10,19H,3,5,7H2,1-2H3. The van der Waals surface area contributed by atoms with Crippen molar-refractivity contribution in [2.24, 2.45) is 11.8 Å². The highest BCUT2D eigenvalue weighted by atomic mass is 19.4. The highest BCUT2D eigenvalue weighted by Gasteiger charge is 2.44. The SMILES string of the molecule is CC1CCC(O)(c2cnccc2C(F)(F)F)CC1C. The normalized spacial score (nSPS) is 32.3. The quantitative estimate of drug-likeness (QED) is 0.845. The summed E-state index contributed by atoms with van der Waals surface area (Å²) in [6, 6.07) is 0.940. The first kappa shape index (κ1) is 14.3. The molecule has 0 amide bonds. The lowest BCUT2D eigenvalue weighted by Gasteiger charge is -2.40. The topological polar surface area (TPSA) is 33.1 Å². The van der Waals surface area contributed by atoms with Gasteiger partial charge in [-0.1, -0.05) is 13.8 Å². The van der Waals surface area contributed by atoms with Gasteiger partial charge in [-0.25, -0.2) is 0 Å². The van der Waals surface area contributed by atoms with Gasteiger partial charge in [0.1, 0.15) is 0 Å². The summed E-state index contributed by atoms with van der Waals surface area (Å²) < 4.78 is 39.0. The molecule has 0 radical (unpaired) electrons. The Morgan fingerprint density at radius 2 is 2.00 bits per heavy atom. The minimum Gasteiger partial charge on any atom is -0.385 e. The van der Waals surface area contributed by atoms with E-state index in [4.69, 9.17) is 0 Å². The van der Waals surface area contributed by atoms with Crippen molar-refractivity contribution in [1.82, 2.24) is 4.98 Å². The summed E-state index contributed by atoms with van der Waals surface area (Å²) in [5.41, 5.74) is -2.27. The molecule has 3 unspecified atom stereocenters. The molecular weight excluding hydrogens is 255 g/mol. The monoisotopic (exact) mass is 273 g/mol. The minimum atomic E-state index is -4.46. The molecule has 0 aliphatic heterocycles. The van der Waals surface area contributed by atoms with Crippen LogP contribution in [0.2, 0.25) is 0 Å². The molecule has 0 aromatic carbocycles. The van der Waals surface area contributed by atoms with E-state index in [-0.39, 0.29) is 11.5 Å². The number of nitrogens with zero attached hydrogens (tertiary/aromatic N) is 1. The van der Waals surface area contributed by atoms with E-state index in [1.54, 1.807) is 0 Å². The highest BCUT2D eigenvalue weighted by Crippen LogP contribution is 2.46. The van der Waals surface area contributed by atoms with Crippen LogP contribution in [0.25, 0.3) is 0 Å². The first-order valence-electron chi connectivity index (χ1n) is 6.48. The predicted octanol–water partition coefficient (Wildman–Crippen LogP) is 3.74. The summed E-state index contributed by atoms with van der Waals surface area (Å²) in [5, 5.41) is 10.6. The Labute approximate surface area is 110 Å². The zero-order valence-electron chi connectivity index (χ0n) is 11.0. The van der Waals surface area contributed by atoms with Crippen LogP contribution in [0.15, 0.2) is 18.5 Å². The maximum Gasteiger partial charge on any atom is 0.416 e. The van der Waals surface area contributed by atoms with E-state index in [0.717, 1.165) is 24.9 Å². The third kappa shape index (κ3) is 2.76. The second-order valence-electron chi connectivity index (χ2n) is 5.65. The van der Waals surface area contributed by atoms with Crippen LogP contribution in [-0.4, -0.2) is 10.1 Å². The first-order valence-corrected chi connectivity index (χ1v) is 6.48. The lowest BCUT2D eigenvalue weighted by atomic mass is 9.70. The average Bonchev–Trinajstić information content (AvgIpc) is 2.33. The van der Waals surface area contributed by atoms with Crippen molar-refractivity contribution in [2.45, 2.75) is 44.9 Å². The molecule has 1 aromatic rings. The van der Waals surface area contributed by atoms with E-state index in [2.05, 4.69) is 11.9 Å². The number of aliphatic hydroxyl groups is 1. The third-order valence-electron chi connectivity index (χ3n) is 4.27. The van der Waals surface area contributed by atoms with Gasteiger partial charge in [0.05, 0.1) is 11.2 Å². The fraction of sp³-hybridized carbons (Fsp3) is 0.643. The second-order valence-corrected chi connectivity index (χ2v) is 5.65. The highest BCUT2D eigenvalue weighted by molar-refractivity contribution is 5.32. The van der Waals surface area contributed by atoms with Crippen molar-refractivity contribution in [3.63, 3.8) is 0 Å². The molecule has 3 atom stereocenters. The van der Waals surface area contributed by atoms with Crippen LogP contribution in [0.3, 0.4) is 0 Å². The summed E-state index contributed by atoms with van der Waals surface area (Å²) in [4.78, 5) is 3.76. The number of aromatic nitrogens is 1. The Morgan fingerprint density at radius 3 is 2.58 bits per heavy atom. The Morgan fingerprint density at radius 1 is 1.32 bits per heavy atom. The molecule has 1 N–H and O–H groups in total. The van der Waals surface area contributed by atoms with Gasteiger partial charge in [-0.3, -0.25) is 4.98 Å². The molecule has 5 heteroatoms. The summed E-state index contributed by atoms with van der Waals surface area (Å²) in [7, 11) is 0. The average molecular weight is 273 g/mol. The Bertz CT molecular complexity index is 460. The molecule has 1 fully saturated rings. The van der Waals surface area contributed by atoms with Crippen molar-refractivity contribution >= 4 is 0 Å². The molecule has 2 rings (SSSR count). The number of rotatable bonds is 1. The van der Waals surface area contributed by atoms with Gasteiger partial charge in [-0.2, -0.15) is 13.2 Å². The van der Waals surface area contributed by atoms with E-state index in [9.17, 15) is 18.3 Å². The molecule has 0 spiro atoms. The molecule has 1 aliphatic carbocycles. The first-order chi connectivity index (χ1) is 8.74. The predicted molar refractivity (Wildman–Crippen MR) is 65.3 cm³/mol. The Kier molecular flexibility index (Phi) is 3.60. The van der Waals surface area contributed by atoms with Crippen LogP contribution in [-0.2, 0) is 11.8 Å². The van der Waals surface area contributed by atoms with E-state index < -0.39 is 17.3 Å². The third-order valence-corrected chi connectivity index (χ3v) is 4.27. The number of alkyl halides is 3. The zero-order valence-corrected chi connectivity index (χ0v) is 11.0. The van der Waals surface area contributed by atoms with Gasteiger partial charge in [-0.15, -0.1) is 0 Å². The van der Waals surface area contributed by atoms with Gasteiger partial charge in [0, 0.05) is 18.0 Å². The van der Waals surface area contributed by atoms with Gasteiger partial charge in [0.25, 0.3) is 0 Å². The fourth-order valence-electron chi connectivity index (χ4n) is 2.84. The molecule has 1 aliphatic rings. The maximum absolute atomic E-state index is 13.0. The Balaban J connectivity index is 2.42. The molecular formula is C14H18F3NO. The molecule has 2 nitrogen and oxygen atoms in total. The summed E-state index contributed by atoms with van der Waals surface area (Å²) in [6.07, 6.45) is -0.753. The van der Waals surface area contributed by atoms with Crippen molar-refractivity contribution in [3.05, 3.63) is 29.6 Å². The second kappa shape index (κ2) is 4.78. The van der Waals surface area contributed by atoms with Crippen LogP contribution in [0.1, 0.15) is 44.2 Å². The van der Waals surface area contributed by atoms with Gasteiger partial charge in [0.15, 0.2) is 0 Å². The van der Waals surface area contributed by atoms with Crippen molar-refractivity contribution < 1.29 is 18.3 Å². The van der Waals surface area contributed by atoms with E-state index in [1.807, 2.05) is 6.92 Å². The van der Waals surface area contributed by atoms with Crippen molar-refractivity contribution in [3.8, 4) is 0 Å². The number of halogens is 3. The number of pyridine rings is 1. The van der Waals surface area contributed by atoms with Gasteiger partial charge >= 0.3 is 6.18 Å². The molecule has 1 aromatic heterocycles. The smallest absolute Gasteiger partial charge is 0.385 e.